The number of thioether (sulfide) groups is 1. The van der Waals surface area contributed by atoms with E-state index >= 15 is 0 Å². The maximum Gasteiger partial charge on any atom is 0.318 e. The number of carbonyl (C=O) groups excluding carboxylic acids is 2. The number of hydrogen-bond donors (Lipinski definition) is 3. The second kappa shape index (κ2) is 7.22. The van der Waals surface area contributed by atoms with Crippen LogP contribution >= 0.6 is 11.8 Å². The molecule has 19 heavy (non-hydrogen) atoms. The van der Waals surface area contributed by atoms with Gasteiger partial charge in [-0.15, -0.1) is 0 Å². The van der Waals surface area contributed by atoms with E-state index in [-0.39, 0.29) is 17.7 Å². The third kappa shape index (κ3) is 4.62. The van der Waals surface area contributed by atoms with Gasteiger partial charge in [-0.2, -0.15) is 11.8 Å². The molecule has 0 spiro atoms. The monoisotopic (exact) mass is 289 g/mol. The Morgan fingerprint density at radius 3 is 2.89 bits per heavy atom. The highest BCUT2D eigenvalue weighted by atomic mass is 32.2. The fraction of sp³-hybridized carbons (Fsp3) is 0.727. The molecular formula is C11H19N3O4S. The molecule has 0 aromatic heterocycles. The van der Waals surface area contributed by atoms with E-state index in [9.17, 15) is 14.4 Å². The lowest BCUT2D eigenvalue weighted by molar-refractivity contribution is -0.142. The first-order valence-corrected chi connectivity index (χ1v) is 7.31. The highest BCUT2D eigenvalue weighted by molar-refractivity contribution is 7.99. The summed E-state index contributed by atoms with van der Waals surface area (Å²) in [5, 5.41) is 14.4. The summed E-state index contributed by atoms with van der Waals surface area (Å²) in [5.41, 5.74) is 0. The molecule has 1 aliphatic heterocycles. The molecule has 1 heterocycles. The van der Waals surface area contributed by atoms with Gasteiger partial charge in [0, 0.05) is 24.9 Å². The highest BCUT2D eigenvalue weighted by Gasteiger charge is 2.34. The summed E-state index contributed by atoms with van der Waals surface area (Å²) in [5.74, 6) is -1.51. The maximum atomic E-state index is 12.0. The Labute approximate surface area is 116 Å². The van der Waals surface area contributed by atoms with Crippen molar-refractivity contribution in [2.24, 2.45) is 0 Å². The number of carbonyl (C=O) groups is 3. The molecule has 3 N–H and O–H groups in total. The molecular weight excluding hydrogens is 270 g/mol. The molecule has 1 aliphatic rings. The predicted molar refractivity (Wildman–Crippen MR) is 72.1 cm³/mol. The van der Waals surface area contributed by atoms with Crippen molar-refractivity contribution in [3.05, 3.63) is 0 Å². The largest absolute Gasteiger partial charge is 0.481 e. The number of piperazine rings is 1. The Morgan fingerprint density at radius 1 is 1.63 bits per heavy atom. The second-order valence-electron chi connectivity index (χ2n) is 4.33. The summed E-state index contributed by atoms with van der Waals surface area (Å²) >= 11 is 1.62. The van der Waals surface area contributed by atoms with E-state index in [1.807, 2.05) is 13.2 Å². The average Bonchev–Trinajstić information content (AvgIpc) is 2.37. The van der Waals surface area contributed by atoms with Crippen LogP contribution in [0.4, 0.5) is 4.79 Å². The van der Waals surface area contributed by atoms with Gasteiger partial charge >= 0.3 is 12.0 Å². The van der Waals surface area contributed by atoms with Gasteiger partial charge in [0.05, 0.1) is 6.42 Å². The Kier molecular flexibility index (Phi) is 5.94. The van der Waals surface area contributed by atoms with Gasteiger partial charge in [-0.1, -0.05) is 6.92 Å². The van der Waals surface area contributed by atoms with Gasteiger partial charge in [-0.25, -0.2) is 4.79 Å². The average molecular weight is 289 g/mol. The van der Waals surface area contributed by atoms with Gasteiger partial charge in [0.2, 0.25) is 5.91 Å². The molecule has 0 aromatic rings. The van der Waals surface area contributed by atoms with E-state index in [1.165, 1.54) is 4.90 Å². The van der Waals surface area contributed by atoms with Crippen LogP contribution in [0.15, 0.2) is 0 Å². The van der Waals surface area contributed by atoms with Gasteiger partial charge in [0.1, 0.15) is 6.04 Å². The van der Waals surface area contributed by atoms with E-state index < -0.39 is 17.9 Å². The molecule has 2 unspecified atom stereocenters. The van der Waals surface area contributed by atoms with Crippen molar-refractivity contribution in [1.29, 1.82) is 0 Å². The molecule has 1 fully saturated rings. The minimum atomic E-state index is -1.10. The molecule has 1 saturated heterocycles. The van der Waals surface area contributed by atoms with Crippen molar-refractivity contribution in [3.8, 4) is 0 Å². The van der Waals surface area contributed by atoms with Crippen LogP contribution in [0.1, 0.15) is 13.3 Å². The molecule has 0 aliphatic carbocycles. The van der Waals surface area contributed by atoms with Crippen molar-refractivity contribution in [2.75, 3.05) is 25.9 Å². The highest BCUT2D eigenvalue weighted by Crippen LogP contribution is 2.10. The topological polar surface area (TPSA) is 98.7 Å². The number of aliphatic carboxylic acids is 1. The predicted octanol–water partition coefficient (Wildman–Crippen LogP) is -0.277. The first-order chi connectivity index (χ1) is 8.95. The molecule has 0 bridgehead atoms. The molecule has 0 aromatic carbocycles. The molecule has 8 heteroatoms. The quantitative estimate of drug-likeness (QED) is 0.646. The molecule has 0 saturated carbocycles. The van der Waals surface area contributed by atoms with Crippen molar-refractivity contribution in [2.45, 2.75) is 24.6 Å². The lowest BCUT2D eigenvalue weighted by Gasteiger charge is -2.34. The van der Waals surface area contributed by atoms with Crippen LogP contribution < -0.4 is 10.6 Å². The molecule has 108 valence electrons. The second-order valence-corrected chi connectivity index (χ2v) is 5.61. The number of carboxylic acids is 1. The standard InChI is InChI=1S/C11H19N3O4S/c1-7(19-2)6-13-11(18)14-4-3-12-10(17)8(14)5-9(15)16/h7-8H,3-6H2,1-2H3,(H,12,17)(H,13,18)(H,15,16). The zero-order valence-corrected chi connectivity index (χ0v) is 11.8. The minimum Gasteiger partial charge on any atom is -0.481 e. The van der Waals surface area contributed by atoms with Crippen LogP contribution in [-0.2, 0) is 9.59 Å². The Balaban J connectivity index is 2.63. The molecule has 3 amide bonds. The molecule has 7 nitrogen and oxygen atoms in total. The van der Waals surface area contributed by atoms with Crippen molar-refractivity contribution in [3.63, 3.8) is 0 Å². The molecule has 1 rings (SSSR count). The van der Waals surface area contributed by atoms with Crippen molar-refractivity contribution >= 4 is 29.7 Å². The minimum absolute atomic E-state index is 0.264. The lowest BCUT2D eigenvalue weighted by atomic mass is 10.1. The number of urea groups is 1. The fourth-order valence-corrected chi connectivity index (χ4v) is 1.99. The maximum absolute atomic E-state index is 12.0. The normalized spacial score (nSPS) is 20.6. The third-order valence-corrected chi connectivity index (χ3v) is 3.87. The van der Waals surface area contributed by atoms with Gasteiger partial charge in [0.25, 0.3) is 0 Å². The number of rotatable bonds is 5. The van der Waals surface area contributed by atoms with Gasteiger partial charge < -0.3 is 20.6 Å². The van der Waals surface area contributed by atoms with E-state index in [4.69, 9.17) is 5.11 Å². The van der Waals surface area contributed by atoms with Gasteiger partial charge in [-0.3, -0.25) is 9.59 Å². The fourth-order valence-electron chi connectivity index (χ4n) is 1.74. The number of hydrogen-bond acceptors (Lipinski definition) is 4. The smallest absolute Gasteiger partial charge is 0.318 e. The summed E-state index contributed by atoms with van der Waals surface area (Å²) in [6, 6.07) is -1.32. The van der Waals surface area contributed by atoms with Gasteiger partial charge in [0.15, 0.2) is 0 Å². The van der Waals surface area contributed by atoms with Crippen LogP contribution in [-0.4, -0.2) is 65.1 Å². The Bertz CT molecular complexity index is 364. The number of nitrogens with zero attached hydrogens (tertiary/aromatic N) is 1. The zero-order valence-electron chi connectivity index (χ0n) is 11.0. The summed E-state index contributed by atoms with van der Waals surface area (Å²) in [7, 11) is 0. The van der Waals surface area contributed by atoms with Crippen LogP contribution in [0.5, 0.6) is 0 Å². The van der Waals surface area contributed by atoms with Crippen LogP contribution in [0.2, 0.25) is 0 Å². The van der Waals surface area contributed by atoms with Crippen LogP contribution in [0.25, 0.3) is 0 Å². The summed E-state index contributed by atoms with van der Waals surface area (Å²) in [6.45, 7) is 3.13. The summed E-state index contributed by atoms with van der Waals surface area (Å²) < 4.78 is 0. The third-order valence-electron chi connectivity index (χ3n) is 2.90. The van der Waals surface area contributed by atoms with Crippen molar-refractivity contribution in [1.82, 2.24) is 15.5 Å². The Morgan fingerprint density at radius 2 is 2.32 bits per heavy atom. The molecule has 2 atom stereocenters. The molecule has 0 radical (unpaired) electrons. The first-order valence-electron chi connectivity index (χ1n) is 6.02. The zero-order chi connectivity index (χ0) is 14.4. The lowest BCUT2D eigenvalue weighted by Crippen LogP contribution is -2.60. The van der Waals surface area contributed by atoms with E-state index in [0.717, 1.165) is 0 Å². The number of amides is 3. The van der Waals surface area contributed by atoms with E-state index in [1.54, 1.807) is 11.8 Å². The van der Waals surface area contributed by atoms with Gasteiger partial charge in [-0.05, 0) is 6.26 Å². The summed E-state index contributed by atoms with van der Waals surface area (Å²) in [4.78, 5) is 35.7. The van der Waals surface area contributed by atoms with E-state index in [0.29, 0.717) is 19.6 Å². The first kappa shape index (κ1) is 15.6. The van der Waals surface area contributed by atoms with Crippen molar-refractivity contribution < 1.29 is 19.5 Å². The number of nitrogens with one attached hydrogen (secondary N) is 2. The SMILES string of the molecule is CSC(C)CNC(=O)N1CCNC(=O)C1CC(=O)O. The van der Waals surface area contributed by atoms with Crippen LogP contribution in [0.3, 0.4) is 0 Å². The summed E-state index contributed by atoms with van der Waals surface area (Å²) in [6.07, 6.45) is 1.57. The van der Waals surface area contributed by atoms with Crippen LogP contribution in [0, 0.1) is 0 Å². The van der Waals surface area contributed by atoms with E-state index in [2.05, 4.69) is 10.6 Å². The number of carboxylic acid groups (broad SMARTS) is 1. The Hall–Kier alpha value is -1.44.